The first-order valence-corrected chi connectivity index (χ1v) is 9.40. The van der Waals surface area contributed by atoms with E-state index in [0.29, 0.717) is 0 Å². The van der Waals surface area contributed by atoms with Crippen molar-refractivity contribution in [2.75, 3.05) is 46.5 Å². The van der Waals surface area contributed by atoms with Gasteiger partial charge in [0.1, 0.15) is 6.54 Å². The molecule has 0 atom stereocenters. The Hall–Kier alpha value is -1.69. The van der Waals surface area contributed by atoms with Crippen LogP contribution in [0.1, 0.15) is 19.8 Å². The maximum atomic E-state index is 11.8. The van der Waals surface area contributed by atoms with E-state index in [4.69, 9.17) is 0 Å². The molecule has 0 heterocycles. The third kappa shape index (κ3) is 8.24. The van der Waals surface area contributed by atoms with Crippen LogP contribution in [0, 0.1) is 0 Å². The largest absolute Gasteiger partial charge is 0.355 e. The number of thioether (sulfide) groups is 1. The molecule has 0 saturated heterocycles. The number of carbonyl (C=O) groups is 1. The third-order valence-electron chi connectivity index (χ3n) is 3.47. The number of hydrogen-bond donors (Lipinski definition) is 1. The summed E-state index contributed by atoms with van der Waals surface area (Å²) in [5, 5.41) is 3.38. The lowest BCUT2D eigenvalue weighted by Gasteiger charge is -2.22. The average molecular weight is 351 g/mol. The Morgan fingerprint density at radius 1 is 1.21 bits per heavy atom. The number of nitrogens with zero attached hydrogens (tertiary/aromatic N) is 3. The monoisotopic (exact) mass is 350 g/mol. The molecule has 1 amide bonds. The molecule has 0 aromatic heterocycles. The number of unbranched alkanes of at least 4 members (excludes halogenated alkanes) is 1. The fraction of sp³-hybridized carbons (Fsp3) is 0.556. The standard InChI is InChI=1S/C18H30N4OS/c1-5-6-13-22(4)18(20-15-17(23)21(2)3)19-12-14-24-16-10-8-7-9-11-16/h7-11H,5-6,12-15H2,1-4H3,(H,19,20). The van der Waals surface area contributed by atoms with Gasteiger partial charge in [-0.2, -0.15) is 0 Å². The third-order valence-corrected chi connectivity index (χ3v) is 4.48. The predicted molar refractivity (Wildman–Crippen MR) is 104 cm³/mol. The molecule has 0 saturated carbocycles. The number of likely N-dealkylation sites (N-methyl/N-ethyl adjacent to an activating group) is 1. The first kappa shape index (κ1) is 20.4. The second-order valence-electron chi connectivity index (χ2n) is 5.79. The molecule has 0 aliphatic carbocycles. The van der Waals surface area contributed by atoms with Crippen molar-refractivity contribution in [3.05, 3.63) is 30.3 Å². The van der Waals surface area contributed by atoms with Crippen molar-refractivity contribution in [1.29, 1.82) is 0 Å². The highest BCUT2D eigenvalue weighted by molar-refractivity contribution is 7.99. The summed E-state index contributed by atoms with van der Waals surface area (Å²) >= 11 is 1.81. The molecule has 0 bridgehead atoms. The predicted octanol–water partition coefficient (Wildman–Crippen LogP) is 2.54. The van der Waals surface area contributed by atoms with Gasteiger partial charge in [-0.15, -0.1) is 11.8 Å². The van der Waals surface area contributed by atoms with Crippen LogP contribution in [0.15, 0.2) is 40.2 Å². The van der Waals surface area contributed by atoms with E-state index in [1.54, 1.807) is 19.0 Å². The summed E-state index contributed by atoms with van der Waals surface area (Å²) in [4.78, 5) is 21.2. The zero-order valence-corrected chi connectivity index (χ0v) is 16.1. The summed E-state index contributed by atoms with van der Waals surface area (Å²) in [5.41, 5.74) is 0. The molecule has 0 aliphatic heterocycles. The van der Waals surface area contributed by atoms with E-state index in [9.17, 15) is 4.79 Å². The smallest absolute Gasteiger partial charge is 0.243 e. The van der Waals surface area contributed by atoms with Gasteiger partial charge in [-0.3, -0.25) is 4.79 Å². The SMILES string of the molecule is CCCCN(C)C(=NCC(=O)N(C)C)NCCSc1ccccc1. The van der Waals surface area contributed by atoms with Crippen molar-refractivity contribution in [3.8, 4) is 0 Å². The van der Waals surface area contributed by atoms with Crippen molar-refractivity contribution in [3.63, 3.8) is 0 Å². The molecule has 5 nitrogen and oxygen atoms in total. The molecule has 1 aromatic carbocycles. The highest BCUT2D eigenvalue weighted by Gasteiger charge is 2.08. The maximum Gasteiger partial charge on any atom is 0.243 e. The minimum Gasteiger partial charge on any atom is -0.355 e. The zero-order chi connectivity index (χ0) is 17.8. The van der Waals surface area contributed by atoms with Crippen molar-refractivity contribution >= 4 is 23.6 Å². The Morgan fingerprint density at radius 3 is 2.54 bits per heavy atom. The van der Waals surface area contributed by atoms with E-state index in [1.807, 2.05) is 37.0 Å². The Balaban J connectivity index is 2.50. The van der Waals surface area contributed by atoms with E-state index in [2.05, 4.69) is 34.3 Å². The average Bonchev–Trinajstić information content (AvgIpc) is 2.59. The van der Waals surface area contributed by atoms with Crippen LogP contribution in [-0.4, -0.2) is 68.2 Å². The van der Waals surface area contributed by atoms with Crippen LogP contribution >= 0.6 is 11.8 Å². The molecule has 134 valence electrons. The normalized spacial score (nSPS) is 11.2. The fourth-order valence-electron chi connectivity index (χ4n) is 1.95. The Kier molecular flexibility index (Phi) is 10.00. The molecule has 0 fully saturated rings. The van der Waals surface area contributed by atoms with E-state index < -0.39 is 0 Å². The van der Waals surface area contributed by atoms with Gasteiger partial charge in [0.2, 0.25) is 5.91 Å². The highest BCUT2D eigenvalue weighted by atomic mass is 32.2. The second-order valence-corrected chi connectivity index (χ2v) is 6.96. The summed E-state index contributed by atoms with van der Waals surface area (Å²) in [7, 11) is 5.52. The summed E-state index contributed by atoms with van der Waals surface area (Å²) in [6.45, 7) is 4.09. The summed E-state index contributed by atoms with van der Waals surface area (Å²) in [6.07, 6.45) is 2.25. The lowest BCUT2D eigenvalue weighted by Crippen LogP contribution is -2.41. The van der Waals surface area contributed by atoms with Gasteiger partial charge >= 0.3 is 0 Å². The number of carbonyl (C=O) groups excluding carboxylic acids is 1. The van der Waals surface area contributed by atoms with Crippen LogP contribution in [0.5, 0.6) is 0 Å². The van der Waals surface area contributed by atoms with Crippen LogP contribution in [0.3, 0.4) is 0 Å². The van der Waals surface area contributed by atoms with Crippen LogP contribution in [0.4, 0.5) is 0 Å². The number of amides is 1. The van der Waals surface area contributed by atoms with Crippen LogP contribution in [0.25, 0.3) is 0 Å². The molecule has 1 aromatic rings. The molecular formula is C18H30N4OS. The lowest BCUT2D eigenvalue weighted by molar-refractivity contribution is -0.127. The van der Waals surface area contributed by atoms with Gasteiger partial charge in [-0.25, -0.2) is 4.99 Å². The van der Waals surface area contributed by atoms with Crippen molar-refractivity contribution in [1.82, 2.24) is 15.1 Å². The van der Waals surface area contributed by atoms with Crippen LogP contribution in [-0.2, 0) is 4.79 Å². The summed E-state index contributed by atoms with van der Waals surface area (Å²) < 4.78 is 0. The molecule has 6 heteroatoms. The van der Waals surface area contributed by atoms with Gasteiger partial charge in [-0.1, -0.05) is 31.5 Å². The minimum absolute atomic E-state index is 0.0110. The van der Waals surface area contributed by atoms with Crippen LogP contribution in [0.2, 0.25) is 0 Å². The van der Waals surface area contributed by atoms with Crippen LogP contribution < -0.4 is 5.32 Å². The summed E-state index contributed by atoms with van der Waals surface area (Å²) in [6, 6.07) is 10.4. The Labute approximate surface area is 150 Å². The molecular weight excluding hydrogens is 320 g/mol. The number of benzene rings is 1. The molecule has 0 radical (unpaired) electrons. The van der Waals surface area contributed by atoms with Gasteiger partial charge in [0.15, 0.2) is 5.96 Å². The topological polar surface area (TPSA) is 47.9 Å². The van der Waals surface area contributed by atoms with E-state index in [1.165, 1.54) is 4.90 Å². The highest BCUT2D eigenvalue weighted by Crippen LogP contribution is 2.15. The number of rotatable bonds is 9. The maximum absolute atomic E-state index is 11.8. The number of guanidine groups is 1. The molecule has 0 spiro atoms. The minimum atomic E-state index is 0.0110. The molecule has 0 unspecified atom stereocenters. The number of hydrogen-bond acceptors (Lipinski definition) is 3. The Bertz CT molecular complexity index is 505. The molecule has 1 rings (SSSR count). The van der Waals surface area contributed by atoms with Gasteiger partial charge in [0.25, 0.3) is 0 Å². The number of aliphatic imine (C=N–C) groups is 1. The van der Waals surface area contributed by atoms with E-state index in [0.717, 1.165) is 37.6 Å². The van der Waals surface area contributed by atoms with Gasteiger partial charge < -0.3 is 15.1 Å². The summed E-state index contributed by atoms with van der Waals surface area (Å²) in [5.74, 6) is 1.76. The van der Waals surface area contributed by atoms with Crippen molar-refractivity contribution in [2.24, 2.45) is 4.99 Å². The quantitative estimate of drug-likeness (QED) is 0.322. The molecule has 1 N–H and O–H groups in total. The first-order valence-electron chi connectivity index (χ1n) is 8.42. The number of nitrogens with one attached hydrogen (secondary N) is 1. The Morgan fingerprint density at radius 2 is 1.92 bits per heavy atom. The first-order chi connectivity index (χ1) is 11.5. The lowest BCUT2D eigenvalue weighted by atomic mass is 10.3. The fourth-order valence-corrected chi connectivity index (χ4v) is 2.73. The van der Waals surface area contributed by atoms with Gasteiger partial charge in [0.05, 0.1) is 0 Å². The second kappa shape index (κ2) is 11.8. The molecule has 0 aliphatic rings. The van der Waals surface area contributed by atoms with Crippen molar-refractivity contribution < 1.29 is 4.79 Å². The van der Waals surface area contributed by atoms with Crippen molar-refractivity contribution in [2.45, 2.75) is 24.7 Å². The zero-order valence-electron chi connectivity index (χ0n) is 15.3. The van der Waals surface area contributed by atoms with Gasteiger partial charge in [-0.05, 0) is 18.6 Å². The van der Waals surface area contributed by atoms with E-state index in [-0.39, 0.29) is 12.5 Å². The van der Waals surface area contributed by atoms with Gasteiger partial charge in [0, 0.05) is 44.9 Å². The molecule has 24 heavy (non-hydrogen) atoms. The van der Waals surface area contributed by atoms with E-state index >= 15 is 0 Å².